The van der Waals surface area contributed by atoms with E-state index in [9.17, 15) is 14.4 Å². The first-order valence-corrected chi connectivity index (χ1v) is 5.93. The van der Waals surface area contributed by atoms with Gasteiger partial charge in [0.15, 0.2) is 5.58 Å². The SMILES string of the molecule is CC(=O)Nc1cc2c(=O)[nH]c3ccccc3c2oc1=O. The zero-order valence-electron chi connectivity index (χ0n) is 10.5. The number of rotatable bonds is 1. The van der Waals surface area contributed by atoms with Gasteiger partial charge in [-0.2, -0.15) is 0 Å². The maximum Gasteiger partial charge on any atom is 0.360 e. The van der Waals surface area contributed by atoms with Crippen molar-refractivity contribution in [2.24, 2.45) is 0 Å². The van der Waals surface area contributed by atoms with E-state index in [1.807, 2.05) is 0 Å². The second-order valence-electron chi connectivity index (χ2n) is 4.37. The molecule has 0 bridgehead atoms. The summed E-state index contributed by atoms with van der Waals surface area (Å²) in [6.07, 6.45) is 0. The standard InChI is InChI=1S/C14H10N2O4/c1-7(17)15-11-6-9-12(20-14(11)19)8-4-2-3-5-10(8)16-13(9)18/h2-6H,1H3,(H,15,17)(H,16,18). The number of nitrogens with one attached hydrogen (secondary N) is 2. The second kappa shape index (κ2) is 4.34. The highest BCUT2D eigenvalue weighted by Crippen LogP contribution is 2.21. The summed E-state index contributed by atoms with van der Waals surface area (Å²) in [5.74, 6) is -0.408. The molecule has 100 valence electrons. The number of H-pyrrole nitrogens is 1. The van der Waals surface area contributed by atoms with Crippen molar-refractivity contribution in [2.75, 3.05) is 5.32 Å². The number of pyridine rings is 1. The number of carbonyl (C=O) groups excluding carboxylic acids is 1. The molecule has 0 unspecified atom stereocenters. The first kappa shape index (κ1) is 12.2. The summed E-state index contributed by atoms with van der Waals surface area (Å²) in [5.41, 5.74) is -0.327. The van der Waals surface area contributed by atoms with Gasteiger partial charge in [0.25, 0.3) is 5.56 Å². The van der Waals surface area contributed by atoms with E-state index < -0.39 is 11.5 Å². The molecule has 3 rings (SSSR count). The molecule has 0 saturated carbocycles. The lowest BCUT2D eigenvalue weighted by Crippen LogP contribution is -2.16. The number of hydrogen-bond acceptors (Lipinski definition) is 4. The van der Waals surface area contributed by atoms with Gasteiger partial charge in [0.2, 0.25) is 5.91 Å². The Morgan fingerprint density at radius 1 is 1.20 bits per heavy atom. The van der Waals surface area contributed by atoms with Crippen LogP contribution in [0.1, 0.15) is 6.92 Å². The van der Waals surface area contributed by atoms with E-state index in [1.54, 1.807) is 24.3 Å². The largest absolute Gasteiger partial charge is 0.420 e. The molecule has 0 fully saturated rings. The summed E-state index contributed by atoms with van der Waals surface area (Å²) < 4.78 is 5.20. The van der Waals surface area contributed by atoms with E-state index in [1.165, 1.54) is 13.0 Å². The average molecular weight is 270 g/mol. The molecule has 0 spiro atoms. The molecule has 20 heavy (non-hydrogen) atoms. The number of carbonyl (C=O) groups is 1. The fourth-order valence-corrected chi connectivity index (χ4v) is 2.10. The van der Waals surface area contributed by atoms with Gasteiger partial charge < -0.3 is 14.7 Å². The molecular formula is C14H10N2O4. The van der Waals surface area contributed by atoms with E-state index >= 15 is 0 Å². The molecular weight excluding hydrogens is 260 g/mol. The molecule has 0 aliphatic heterocycles. The molecule has 2 N–H and O–H groups in total. The molecule has 3 aromatic rings. The number of para-hydroxylation sites is 1. The van der Waals surface area contributed by atoms with E-state index in [-0.39, 0.29) is 22.2 Å². The Labute approximate surface area is 112 Å². The fourth-order valence-electron chi connectivity index (χ4n) is 2.10. The Morgan fingerprint density at radius 2 is 1.95 bits per heavy atom. The topological polar surface area (TPSA) is 92.2 Å². The van der Waals surface area contributed by atoms with Gasteiger partial charge in [-0.25, -0.2) is 4.79 Å². The van der Waals surface area contributed by atoms with Crippen molar-refractivity contribution < 1.29 is 9.21 Å². The normalized spacial score (nSPS) is 10.8. The minimum atomic E-state index is -0.691. The molecule has 0 aliphatic carbocycles. The lowest BCUT2D eigenvalue weighted by Gasteiger charge is -2.04. The summed E-state index contributed by atoms with van der Waals surface area (Å²) in [6.45, 7) is 1.27. The summed E-state index contributed by atoms with van der Waals surface area (Å²) in [7, 11) is 0. The zero-order valence-corrected chi connectivity index (χ0v) is 10.5. The van der Waals surface area contributed by atoms with Crippen molar-refractivity contribution in [1.29, 1.82) is 0 Å². The van der Waals surface area contributed by atoms with Crippen LogP contribution in [0.4, 0.5) is 5.69 Å². The summed E-state index contributed by atoms with van der Waals surface area (Å²) in [4.78, 5) is 37.6. The molecule has 6 nitrogen and oxygen atoms in total. The van der Waals surface area contributed by atoms with Crippen LogP contribution in [0.5, 0.6) is 0 Å². The number of aromatic amines is 1. The number of fused-ring (bicyclic) bond motifs is 3. The third kappa shape index (κ3) is 1.87. The van der Waals surface area contributed by atoms with Crippen LogP contribution >= 0.6 is 0 Å². The molecule has 1 aromatic carbocycles. The molecule has 6 heteroatoms. The van der Waals surface area contributed by atoms with Gasteiger partial charge >= 0.3 is 5.63 Å². The van der Waals surface area contributed by atoms with Gasteiger partial charge in [0.05, 0.1) is 10.9 Å². The van der Waals surface area contributed by atoms with Gasteiger partial charge in [0, 0.05) is 12.3 Å². The van der Waals surface area contributed by atoms with E-state index in [0.717, 1.165) is 0 Å². The number of amides is 1. The van der Waals surface area contributed by atoms with Crippen LogP contribution in [0.2, 0.25) is 0 Å². The van der Waals surface area contributed by atoms with Crippen LogP contribution in [-0.2, 0) is 4.79 Å². The number of aromatic nitrogens is 1. The minimum absolute atomic E-state index is 0.0502. The van der Waals surface area contributed by atoms with Crippen LogP contribution in [0.25, 0.3) is 21.9 Å². The zero-order chi connectivity index (χ0) is 14.3. The smallest absolute Gasteiger partial charge is 0.360 e. The maximum atomic E-state index is 12.0. The third-order valence-corrected chi connectivity index (χ3v) is 2.92. The van der Waals surface area contributed by atoms with Crippen molar-refractivity contribution in [1.82, 2.24) is 4.98 Å². The van der Waals surface area contributed by atoms with Gasteiger partial charge in [0.1, 0.15) is 5.69 Å². The van der Waals surface area contributed by atoms with E-state index in [2.05, 4.69) is 10.3 Å². The van der Waals surface area contributed by atoms with Crippen LogP contribution in [0, 0.1) is 0 Å². The Bertz CT molecular complexity index is 953. The van der Waals surface area contributed by atoms with Crippen molar-refractivity contribution in [2.45, 2.75) is 6.92 Å². The van der Waals surface area contributed by atoms with Crippen LogP contribution in [0.15, 0.2) is 44.3 Å². The van der Waals surface area contributed by atoms with Crippen molar-refractivity contribution in [3.8, 4) is 0 Å². The molecule has 0 saturated heterocycles. The predicted octanol–water partition coefficient (Wildman–Crippen LogP) is 1.59. The molecule has 2 aromatic heterocycles. The summed E-state index contributed by atoms with van der Waals surface area (Å²) >= 11 is 0. The van der Waals surface area contributed by atoms with E-state index in [0.29, 0.717) is 10.9 Å². The highest BCUT2D eigenvalue weighted by Gasteiger charge is 2.12. The lowest BCUT2D eigenvalue weighted by atomic mass is 10.1. The first-order valence-electron chi connectivity index (χ1n) is 5.93. The highest BCUT2D eigenvalue weighted by atomic mass is 16.4. The molecule has 2 heterocycles. The summed E-state index contributed by atoms with van der Waals surface area (Å²) in [5, 5.41) is 3.19. The third-order valence-electron chi connectivity index (χ3n) is 2.92. The lowest BCUT2D eigenvalue weighted by molar-refractivity contribution is -0.114. The molecule has 0 radical (unpaired) electrons. The molecule has 0 atom stereocenters. The van der Waals surface area contributed by atoms with Crippen LogP contribution < -0.4 is 16.5 Å². The van der Waals surface area contributed by atoms with E-state index in [4.69, 9.17) is 4.42 Å². The number of hydrogen-bond donors (Lipinski definition) is 2. The van der Waals surface area contributed by atoms with Gasteiger partial charge in [-0.3, -0.25) is 9.59 Å². The van der Waals surface area contributed by atoms with Gasteiger partial charge in [-0.1, -0.05) is 12.1 Å². The maximum absolute atomic E-state index is 12.0. The van der Waals surface area contributed by atoms with Crippen molar-refractivity contribution in [3.05, 3.63) is 51.1 Å². The van der Waals surface area contributed by atoms with Crippen molar-refractivity contribution in [3.63, 3.8) is 0 Å². The number of anilines is 1. The highest BCUT2D eigenvalue weighted by molar-refractivity contribution is 6.02. The average Bonchev–Trinajstić information content (AvgIpc) is 2.40. The van der Waals surface area contributed by atoms with Crippen LogP contribution in [0.3, 0.4) is 0 Å². The predicted molar refractivity (Wildman–Crippen MR) is 74.9 cm³/mol. The van der Waals surface area contributed by atoms with Gasteiger partial charge in [-0.15, -0.1) is 0 Å². The summed E-state index contributed by atoms with van der Waals surface area (Å²) in [6, 6.07) is 8.34. The Hall–Kier alpha value is -2.89. The fraction of sp³-hybridized carbons (Fsp3) is 0.0714. The molecule has 0 aliphatic rings. The quantitative estimate of drug-likeness (QED) is 0.657. The Balaban J connectivity index is 2.45. The van der Waals surface area contributed by atoms with Crippen molar-refractivity contribution >= 4 is 33.5 Å². The Morgan fingerprint density at radius 3 is 2.70 bits per heavy atom. The molecule has 1 amide bonds. The minimum Gasteiger partial charge on any atom is -0.420 e. The van der Waals surface area contributed by atoms with Gasteiger partial charge in [-0.05, 0) is 18.2 Å². The monoisotopic (exact) mass is 270 g/mol. The second-order valence-corrected chi connectivity index (χ2v) is 4.37. The number of benzene rings is 1. The first-order chi connectivity index (χ1) is 9.56. The van der Waals surface area contributed by atoms with Crippen LogP contribution in [-0.4, -0.2) is 10.9 Å². The Kier molecular flexibility index (Phi) is 2.64.